The maximum absolute atomic E-state index is 13.7. The predicted octanol–water partition coefficient (Wildman–Crippen LogP) is 4.45. The van der Waals surface area contributed by atoms with Crippen LogP contribution >= 0.6 is 11.8 Å². The Morgan fingerprint density at radius 3 is 2.55 bits per heavy atom. The number of nitrogens with zero attached hydrogens (tertiary/aromatic N) is 4. The van der Waals surface area contributed by atoms with E-state index in [1.807, 2.05) is 49.4 Å². The summed E-state index contributed by atoms with van der Waals surface area (Å²) in [7, 11) is 0. The van der Waals surface area contributed by atoms with Gasteiger partial charge in [0, 0.05) is 5.92 Å². The van der Waals surface area contributed by atoms with Crippen molar-refractivity contribution in [1.82, 2.24) is 14.8 Å². The van der Waals surface area contributed by atoms with Crippen molar-refractivity contribution in [2.75, 3.05) is 10.2 Å². The Kier molecular flexibility index (Phi) is 5.48. The highest BCUT2D eigenvalue weighted by Crippen LogP contribution is 2.42. The van der Waals surface area contributed by atoms with Gasteiger partial charge in [-0.2, -0.15) is 0 Å². The summed E-state index contributed by atoms with van der Waals surface area (Å²) < 4.78 is 2.14. The number of hydrogen-bond donors (Lipinski definition) is 1. The average Bonchev–Trinajstić information content (AvgIpc) is 3.57. The molecule has 0 unspecified atom stereocenters. The van der Waals surface area contributed by atoms with Gasteiger partial charge in [-0.15, -0.1) is 10.2 Å². The van der Waals surface area contributed by atoms with Crippen LogP contribution in [-0.2, 0) is 16.1 Å². The first-order valence-corrected chi connectivity index (χ1v) is 12.1. The minimum atomic E-state index is -1.00. The molecule has 0 bridgehead atoms. The minimum absolute atomic E-state index is 0.130. The lowest BCUT2D eigenvalue weighted by Crippen LogP contribution is -2.60. The Morgan fingerprint density at radius 1 is 1.12 bits per heavy atom. The fourth-order valence-electron chi connectivity index (χ4n) is 4.18. The molecule has 2 aromatic carbocycles. The van der Waals surface area contributed by atoms with Gasteiger partial charge < -0.3 is 9.88 Å². The second kappa shape index (κ2) is 8.33. The number of para-hydroxylation sites is 2. The summed E-state index contributed by atoms with van der Waals surface area (Å²) in [5.74, 6) is 1.10. The van der Waals surface area contributed by atoms with E-state index in [4.69, 9.17) is 0 Å². The zero-order chi connectivity index (χ0) is 23.2. The molecule has 8 heteroatoms. The lowest BCUT2D eigenvalue weighted by Gasteiger charge is -2.43. The number of benzene rings is 2. The van der Waals surface area contributed by atoms with Crippen LogP contribution in [-0.4, -0.2) is 37.4 Å². The summed E-state index contributed by atoms with van der Waals surface area (Å²) in [6, 6.07) is 17.6. The molecule has 1 atom stereocenters. The van der Waals surface area contributed by atoms with Crippen LogP contribution in [0.2, 0.25) is 0 Å². The van der Waals surface area contributed by atoms with Crippen LogP contribution in [0.1, 0.15) is 50.9 Å². The first-order valence-electron chi connectivity index (χ1n) is 11.2. The third-order valence-electron chi connectivity index (χ3n) is 6.23. The van der Waals surface area contributed by atoms with Gasteiger partial charge in [-0.05, 0) is 51.3 Å². The predicted molar refractivity (Wildman–Crippen MR) is 129 cm³/mol. The van der Waals surface area contributed by atoms with Crippen molar-refractivity contribution >= 4 is 35.0 Å². The van der Waals surface area contributed by atoms with Crippen molar-refractivity contribution < 1.29 is 9.59 Å². The first-order chi connectivity index (χ1) is 15.9. The quantitative estimate of drug-likeness (QED) is 0.549. The number of amides is 2. The van der Waals surface area contributed by atoms with E-state index in [9.17, 15) is 9.59 Å². The number of anilines is 2. The molecule has 1 aromatic heterocycles. The monoisotopic (exact) mass is 461 g/mol. The second-order valence-corrected chi connectivity index (χ2v) is 10.5. The summed E-state index contributed by atoms with van der Waals surface area (Å²) in [6.45, 7) is 6.09. The van der Waals surface area contributed by atoms with E-state index in [1.54, 1.807) is 18.7 Å². The van der Waals surface area contributed by atoms with Crippen LogP contribution < -0.4 is 10.2 Å². The summed E-state index contributed by atoms with van der Waals surface area (Å²) in [5, 5.41) is 12.1. The Morgan fingerprint density at radius 2 is 1.82 bits per heavy atom. The van der Waals surface area contributed by atoms with Gasteiger partial charge in [-0.25, -0.2) is 0 Å². The van der Waals surface area contributed by atoms with Gasteiger partial charge in [-0.1, -0.05) is 54.2 Å². The zero-order valence-corrected chi connectivity index (χ0v) is 19.8. The molecular formula is C25H27N5O2S. The molecule has 3 aromatic rings. The van der Waals surface area contributed by atoms with Gasteiger partial charge in [0.2, 0.25) is 11.8 Å². The van der Waals surface area contributed by atoms with Crippen molar-refractivity contribution in [3.05, 3.63) is 66.0 Å². The molecule has 1 N–H and O–H groups in total. The SMILES string of the molecule is C[C@@H](Sc1nnc(C2CC2)n1Cc1ccccc1)C(=O)N1c2ccccc2NC(=O)C1(C)C. The van der Waals surface area contributed by atoms with Crippen LogP contribution in [0.15, 0.2) is 59.8 Å². The van der Waals surface area contributed by atoms with E-state index in [1.165, 1.54) is 17.3 Å². The van der Waals surface area contributed by atoms with E-state index < -0.39 is 10.8 Å². The minimum Gasteiger partial charge on any atom is -0.322 e. The van der Waals surface area contributed by atoms with Crippen LogP contribution in [0.5, 0.6) is 0 Å². The summed E-state index contributed by atoms with van der Waals surface area (Å²) >= 11 is 1.40. The van der Waals surface area contributed by atoms with Crippen molar-refractivity contribution in [3.8, 4) is 0 Å². The van der Waals surface area contributed by atoms with Gasteiger partial charge in [0.05, 0.1) is 23.2 Å². The van der Waals surface area contributed by atoms with E-state index in [-0.39, 0.29) is 11.8 Å². The Labute approximate surface area is 197 Å². The van der Waals surface area contributed by atoms with Crippen molar-refractivity contribution in [3.63, 3.8) is 0 Å². The van der Waals surface area contributed by atoms with Gasteiger partial charge in [-0.3, -0.25) is 14.5 Å². The molecule has 1 aliphatic heterocycles. The van der Waals surface area contributed by atoms with Crippen LogP contribution in [0.4, 0.5) is 11.4 Å². The molecule has 5 rings (SSSR count). The smallest absolute Gasteiger partial charge is 0.250 e. The molecule has 33 heavy (non-hydrogen) atoms. The average molecular weight is 462 g/mol. The second-order valence-electron chi connectivity index (χ2n) is 9.15. The zero-order valence-electron chi connectivity index (χ0n) is 19.0. The number of carbonyl (C=O) groups is 2. The molecule has 1 aliphatic carbocycles. The number of thioether (sulfide) groups is 1. The topological polar surface area (TPSA) is 80.1 Å². The highest BCUT2D eigenvalue weighted by molar-refractivity contribution is 8.00. The fraction of sp³-hybridized carbons (Fsp3) is 0.360. The summed E-state index contributed by atoms with van der Waals surface area (Å²) in [5.41, 5.74) is 1.53. The van der Waals surface area contributed by atoms with Gasteiger partial charge in [0.1, 0.15) is 11.4 Å². The van der Waals surface area contributed by atoms with E-state index in [0.717, 1.165) is 23.8 Å². The number of fused-ring (bicyclic) bond motifs is 1. The molecule has 1 fully saturated rings. The summed E-state index contributed by atoms with van der Waals surface area (Å²) in [4.78, 5) is 28.1. The van der Waals surface area contributed by atoms with Crippen molar-refractivity contribution in [2.24, 2.45) is 0 Å². The molecule has 7 nitrogen and oxygen atoms in total. The lowest BCUT2D eigenvalue weighted by atomic mass is 9.96. The normalized spacial score (nSPS) is 17.9. The van der Waals surface area contributed by atoms with Gasteiger partial charge >= 0.3 is 0 Å². The first kappa shape index (κ1) is 21.7. The van der Waals surface area contributed by atoms with E-state index in [0.29, 0.717) is 23.8 Å². The van der Waals surface area contributed by atoms with Gasteiger partial charge in [0.25, 0.3) is 0 Å². The molecule has 0 radical (unpaired) electrons. The Hall–Kier alpha value is -3.13. The number of carbonyl (C=O) groups excluding carboxylic acids is 2. The van der Waals surface area contributed by atoms with Crippen molar-refractivity contribution in [2.45, 2.75) is 62.0 Å². The molecule has 170 valence electrons. The van der Waals surface area contributed by atoms with E-state index >= 15 is 0 Å². The van der Waals surface area contributed by atoms with E-state index in [2.05, 4.69) is 32.2 Å². The molecule has 2 aliphatic rings. The molecule has 2 heterocycles. The molecule has 0 spiro atoms. The Balaban J connectivity index is 1.44. The highest BCUT2D eigenvalue weighted by atomic mass is 32.2. The van der Waals surface area contributed by atoms with Gasteiger partial charge in [0.15, 0.2) is 5.16 Å². The Bertz CT molecular complexity index is 1200. The molecule has 1 saturated carbocycles. The number of rotatable bonds is 6. The van der Waals surface area contributed by atoms with Crippen LogP contribution in [0.25, 0.3) is 0 Å². The largest absolute Gasteiger partial charge is 0.322 e. The molecule has 2 amide bonds. The maximum Gasteiger partial charge on any atom is 0.250 e. The van der Waals surface area contributed by atoms with Crippen LogP contribution in [0, 0.1) is 0 Å². The molecule has 0 saturated heterocycles. The fourth-order valence-corrected chi connectivity index (χ4v) is 5.08. The standard InChI is InChI=1S/C25H27N5O2S/c1-16(22(31)30-20-12-8-7-11-19(20)26-23(32)25(30,2)3)33-24-28-27-21(18-13-14-18)29(24)15-17-9-5-4-6-10-17/h4-12,16,18H,13-15H2,1-3H3,(H,26,32)/t16-/m1/s1. The summed E-state index contributed by atoms with van der Waals surface area (Å²) in [6.07, 6.45) is 2.25. The van der Waals surface area contributed by atoms with Crippen molar-refractivity contribution in [1.29, 1.82) is 0 Å². The number of nitrogens with one attached hydrogen (secondary N) is 1. The highest BCUT2D eigenvalue weighted by Gasteiger charge is 2.45. The number of hydrogen-bond acceptors (Lipinski definition) is 5. The third-order valence-corrected chi connectivity index (χ3v) is 7.30. The molecular weight excluding hydrogens is 434 g/mol. The maximum atomic E-state index is 13.7. The third kappa shape index (κ3) is 4.04. The van der Waals surface area contributed by atoms with Crippen LogP contribution in [0.3, 0.4) is 0 Å². The lowest BCUT2D eigenvalue weighted by molar-refractivity contribution is -0.126. The number of aromatic nitrogens is 3.